The second-order valence-electron chi connectivity index (χ2n) is 12.3. The summed E-state index contributed by atoms with van der Waals surface area (Å²) >= 11 is 0. The van der Waals surface area contributed by atoms with Gasteiger partial charge in [-0.15, -0.1) is 9.42 Å². The Bertz CT molecular complexity index is 1180. The van der Waals surface area contributed by atoms with Crippen LogP contribution in [-0.4, -0.2) is 76.1 Å². The zero-order valence-corrected chi connectivity index (χ0v) is 29.4. The third kappa shape index (κ3) is 17.3. The van der Waals surface area contributed by atoms with Gasteiger partial charge in [-0.1, -0.05) is 96.8 Å². The lowest BCUT2D eigenvalue weighted by atomic mass is 10.0. The van der Waals surface area contributed by atoms with Crippen LogP contribution in [0.3, 0.4) is 0 Å². The van der Waals surface area contributed by atoms with E-state index in [-0.39, 0.29) is 25.1 Å². The molecular formula is C33H57N3O11P+. The summed E-state index contributed by atoms with van der Waals surface area (Å²) in [4.78, 5) is 59.2. The minimum atomic E-state index is -3.05. The number of nitrogens with zero attached hydrogens (tertiary/aromatic N) is 1. The summed E-state index contributed by atoms with van der Waals surface area (Å²) in [5.41, 5.74) is -1.37. The second-order valence-corrected chi connectivity index (χ2v) is 13.0. The Hall–Kier alpha value is -2.48. The number of hydrogen-bond donors (Lipinski definition) is 4. The molecule has 0 spiro atoms. The van der Waals surface area contributed by atoms with Crippen molar-refractivity contribution >= 4 is 20.1 Å². The zero-order valence-electron chi connectivity index (χ0n) is 28.5. The fourth-order valence-corrected chi connectivity index (χ4v) is 6.16. The van der Waals surface area contributed by atoms with Gasteiger partial charge in [-0.05, 0) is 19.3 Å². The molecule has 274 valence electrons. The number of carbonyl (C=O) groups excluding carboxylic acids is 2. The maximum Gasteiger partial charge on any atom is 0.695 e. The molecule has 0 aromatic carbocycles. The zero-order chi connectivity index (χ0) is 35.0. The number of H-pyrrole nitrogens is 1. The first-order valence-corrected chi connectivity index (χ1v) is 18.8. The van der Waals surface area contributed by atoms with Crippen molar-refractivity contribution in [3.8, 4) is 0 Å². The molecule has 4 N–H and O–H groups in total. The molecule has 0 bridgehead atoms. The molecule has 14 nitrogen and oxygen atoms in total. The third-order valence-corrected chi connectivity index (χ3v) is 8.78. The van der Waals surface area contributed by atoms with E-state index in [0.717, 1.165) is 42.7 Å². The van der Waals surface area contributed by atoms with Gasteiger partial charge in [-0.3, -0.25) is 23.9 Å². The van der Waals surface area contributed by atoms with Crippen LogP contribution in [0.1, 0.15) is 129 Å². The van der Waals surface area contributed by atoms with E-state index in [4.69, 9.17) is 18.7 Å². The van der Waals surface area contributed by atoms with E-state index in [9.17, 15) is 33.7 Å². The predicted octanol–water partition coefficient (Wildman–Crippen LogP) is 4.55. The van der Waals surface area contributed by atoms with Crippen LogP contribution in [0.4, 0.5) is 0 Å². The van der Waals surface area contributed by atoms with Gasteiger partial charge in [0.2, 0.25) is 0 Å². The van der Waals surface area contributed by atoms with Crippen molar-refractivity contribution in [3.05, 3.63) is 33.1 Å². The number of aliphatic hydroxyl groups is 1. The first kappa shape index (κ1) is 41.7. The highest BCUT2D eigenvalue weighted by Crippen LogP contribution is 2.37. The molecule has 1 aromatic heterocycles. The van der Waals surface area contributed by atoms with Crippen LogP contribution in [0.25, 0.3) is 0 Å². The molecule has 1 aliphatic heterocycles. The average molecular weight is 703 g/mol. The quantitative estimate of drug-likeness (QED) is 0.0544. The topological polar surface area (TPSA) is 195 Å². The SMILES string of the molecule is CCCCCCCCCCCCCCCC(=O)OCC(=O)NCCCCCCO[C@H]1C(O[P+](=O)O)[C@@H](CO)O[C@H]1n1ccc(=O)[nH]c1=O. The molecule has 5 atom stereocenters. The fourth-order valence-electron chi connectivity index (χ4n) is 5.70. The molecule has 1 saturated heterocycles. The van der Waals surface area contributed by atoms with E-state index in [1.54, 1.807) is 0 Å². The first-order chi connectivity index (χ1) is 23.3. The molecule has 1 amide bonds. The van der Waals surface area contributed by atoms with Crippen molar-refractivity contribution in [2.45, 2.75) is 147 Å². The van der Waals surface area contributed by atoms with Gasteiger partial charge in [-0.25, -0.2) is 4.79 Å². The van der Waals surface area contributed by atoms with Crippen molar-refractivity contribution in [1.82, 2.24) is 14.9 Å². The Kier molecular flexibility index (Phi) is 22.1. The number of ether oxygens (including phenoxy) is 3. The largest absolute Gasteiger partial charge is 0.695 e. The summed E-state index contributed by atoms with van der Waals surface area (Å²) in [5.74, 6) is -0.689. The summed E-state index contributed by atoms with van der Waals surface area (Å²) < 4.78 is 34.2. The monoisotopic (exact) mass is 702 g/mol. The van der Waals surface area contributed by atoms with E-state index < -0.39 is 50.7 Å². The Balaban J connectivity index is 1.52. The summed E-state index contributed by atoms with van der Waals surface area (Å²) in [6, 6.07) is 1.13. The number of aromatic amines is 1. The number of aliphatic hydroxyl groups excluding tert-OH is 1. The summed E-state index contributed by atoms with van der Waals surface area (Å²) in [6.07, 6.45) is 16.1. The molecule has 48 heavy (non-hydrogen) atoms. The summed E-state index contributed by atoms with van der Waals surface area (Å²) in [6.45, 7) is 2.04. The molecule has 1 aromatic rings. The average Bonchev–Trinajstić information content (AvgIpc) is 3.39. The highest BCUT2D eigenvalue weighted by molar-refractivity contribution is 7.32. The van der Waals surface area contributed by atoms with E-state index in [2.05, 4.69) is 17.2 Å². The molecule has 2 rings (SSSR count). The molecule has 1 fully saturated rings. The minimum Gasteiger partial charge on any atom is -0.456 e. The summed E-state index contributed by atoms with van der Waals surface area (Å²) in [5, 5.41) is 12.5. The van der Waals surface area contributed by atoms with Gasteiger partial charge in [0.1, 0.15) is 12.2 Å². The summed E-state index contributed by atoms with van der Waals surface area (Å²) in [7, 11) is -3.05. The van der Waals surface area contributed by atoms with Crippen molar-refractivity contribution < 1.29 is 42.9 Å². The standard InChI is InChI=1S/C33H56N3O11P/c1-2-3-4-5-6-7-8-9-10-11-12-13-16-19-29(40)45-25-28(39)34-21-17-14-15-18-23-44-31-30(47-48(42)43)26(24-37)46-32(31)36-22-20-27(38)35-33(36)41/h20,22,26,30-32,37H,2-19,21,23-25H2,1H3,(H2-,34,35,38,39,41,42,43)/p+1/t26-,30?,31+,32-/m1/s1. The van der Waals surface area contributed by atoms with E-state index in [1.165, 1.54) is 70.4 Å². The number of amides is 1. The molecule has 2 heterocycles. The Morgan fingerprint density at radius 1 is 0.917 bits per heavy atom. The van der Waals surface area contributed by atoms with Crippen LogP contribution in [0.2, 0.25) is 0 Å². The van der Waals surface area contributed by atoms with Crippen molar-refractivity contribution in [2.24, 2.45) is 0 Å². The smallest absolute Gasteiger partial charge is 0.456 e. The van der Waals surface area contributed by atoms with Gasteiger partial charge in [0.15, 0.2) is 18.9 Å². The fraction of sp³-hybridized carbons (Fsp3) is 0.818. The maximum atomic E-state index is 12.3. The maximum absolute atomic E-state index is 12.3. The lowest BCUT2D eigenvalue weighted by molar-refractivity contribution is -0.148. The molecule has 0 saturated carbocycles. The second kappa shape index (κ2) is 25.5. The normalized spacial score (nSPS) is 19.4. The number of hydrogen-bond acceptors (Lipinski definition) is 10. The number of rotatable bonds is 28. The lowest BCUT2D eigenvalue weighted by Crippen LogP contribution is -2.40. The number of aromatic nitrogens is 2. The van der Waals surface area contributed by atoms with Crippen LogP contribution in [0, 0.1) is 0 Å². The van der Waals surface area contributed by atoms with Crippen LogP contribution in [-0.2, 0) is 32.9 Å². The van der Waals surface area contributed by atoms with Crippen LogP contribution < -0.4 is 16.6 Å². The first-order valence-electron chi connectivity index (χ1n) is 17.7. The van der Waals surface area contributed by atoms with Gasteiger partial charge < -0.3 is 24.6 Å². The number of esters is 1. The molecule has 2 unspecified atom stereocenters. The van der Waals surface area contributed by atoms with Crippen molar-refractivity contribution in [3.63, 3.8) is 0 Å². The van der Waals surface area contributed by atoms with Gasteiger partial charge >= 0.3 is 19.9 Å². The molecule has 0 aliphatic carbocycles. The van der Waals surface area contributed by atoms with Crippen LogP contribution in [0.15, 0.2) is 21.9 Å². The minimum absolute atomic E-state index is 0.199. The van der Waals surface area contributed by atoms with Gasteiger partial charge in [0.25, 0.3) is 11.5 Å². The lowest BCUT2D eigenvalue weighted by Gasteiger charge is -2.22. The number of nitrogens with one attached hydrogen (secondary N) is 2. The number of carbonyl (C=O) groups is 2. The molecular weight excluding hydrogens is 645 g/mol. The highest BCUT2D eigenvalue weighted by atomic mass is 31.1. The number of unbranched alkanes of at least 4 members (excludes halogenated alkanes) is 15. The van der Waals surface area contributed by atoms with Crippen molar-refractivity contribution in [1.29, 1.82) is 0 Å². The molecule has 1 aliphatic rings. The predicted molar refractivity (Wildman–Crippen MR) is 180 cm³/mol. The molecule has 15 heteroatoms. The van der Waals surface area contributed by atoms with E-state index in [0.29, 0.717) is 25.8 Å². The van der Waals surface area contributed by atoms with Gasteiger partial charge in [-0.2, -0.15) is 0 Å². The highest BCUT2D eigenvalue weighted by Gasteiger charge is 2.51. The van der Waals surface area contributed by atoms with Gasteiger partial charge in [0.05, 0.1) is 6.61 Å². The Morgan fingerprint density at radius 2 is 1.52 bits per heavy atom. The van der Waals surface area contributed by atoms with Crippen LogP contribution >= 0.6 is 8.25 Å². The van der Waals surface area contributed by atoms with E-state index in [1.807, 2.05) is 0 Å². The third-order valence-electron chi connectivity index (χ3n) is 8.35. The van der Waals surface area contributed by atoms with Crippen molar-refractivity contribution in [2.75, 3.05) is 26.4 Å². The Morgan fingerprint density at radius 3 is 2.12 bits per heavy atom. The Labute approximate surface area is 284 Å². The van der Waals surface area contributed by atoms with E-state index >= 15 is 0 Å². The molecule has 0 radical (unpaired) electrons. The van der Waals surface area contributed by atoms with Crippen LogP contribution in [0.5, 0.6) is 0 Å². The van der Waals surface area contributed by atoms with Gasteiger partial charge in [0, 0.05) is 36.4 Å².